The average molecular weight is 261 g/mol. The van der Waals surface area contributed by atoms with Gasteiger partial charge in [-0.1, -0.05) is 11.6 Å². The molecule has 0 atom stereocenters. The van der Waals surface area contributed by atoms with Crippen molar-refractivity contribution in [2.45, 2.75) is 0 Å². The lowest BCUT2D eigenvalue weighted by atomic mass is 10.3. The lowest BCUT2D eigenvalue weighted by Crippen LogP contribution is -2.22. The molecule has 0 aliphatic heterocycles. The smallest absolute Gasteiger partial charge is 0.295 e. The molecule has 0 saturated heterocycles. The molecule has 6 heteroatoms. The minimum atomic E-state index is -0.196. The Kier molecular flexibility index (Phi) is 2.41. The molecule has 0 fully saturated rings. The fraction of sp³-hybridized carbons (Fsp3) is 0.0833. The van der Waals surface area contributed by atoms with Gasteiger partial charge in [-0.2, -0.15) is 0 Å². The molecule has 2 aromatic heterocycles. The fourth-order valence-electron chi connectivity index (χ4n) is 1.92. The molecule has 3 rings (SSSR count). The molecule has 0 aliphatic rings. The van der Waals surface area contributed by atoms with E-state index in [-0.39, 0.29) is 5.69 Å². The number of halogens is 1. The first kappa shape index (κ1) is 11.0. The maximum absolute atomic E-state index is 12.2. The molecule has 0 radical (unpaired) electrons. The zero-order chi connectivity index (χ0) is 12.7. The molecule has 0 unspecified atom stereocenters. The highest BCUT2D eigenvalue weighted by Crippen LogP contribution is 2.19. The van der Waals surface area contributed by atoms with Gasteiger partial charge in [0.15, 0.2) is 0 Å². The van der Waals surface area contributed by atoms with Gasteiger partial charge in [0.05, 0.1) is 11.0 Å². The number of benzene rings is 1. The highest BCUT2D eigenvalue weighted by Gasteiger charge is 2.13. The molecule has 0 amide bonds. The fourth-order valence-corrected chi connectivity index (χ4v) is 2.08. The Morgan fingerprint density at radius 1 is 1.17 bits per heavy atom. The molecule has 0 N–H and O–H groups in total. The minimum absolute atomic E-state index is 0.196. The Labute approximate surface area is 107 Å². The Bertz CT molecular complexity index is 776. The number of fused-ring (bicyclic) bond motifs is 1. The maximum atomic E-state index is 12.2. The van der Waals surface area contributed by atoms with Gasteiger partial charge in [-0.25, -0.2) is 19.3 Å². The number of hydrogen-bond donors (Lipinski definition) is 0. The van der Waals surface area contributed by atoms with Crippen LogP contribution in [0.4, 0.5) is 0 Å². The summed E-state index contributed by atoms with van der Waals surface area (Å²) in [6.07, 6.45) is 3.19. The van der Waals surface area contributed by atoms with E-state index in [2.05, 4.69) is 9.97 Å². The SMILES string of the molecule is Cn1c(=O)n(-c2ncccn2)c2cc(Cl)ccc21. The first-order chi connectivity index (χ1) is 8.68. The van der Waals surface area contributed by atoms with Gasteiger partial charge < -0.3 is 0 Å². The molecule has 0 saturated carbocycles. The zero-order valence-corrected chi connectivity index (χ0v) is 10.3. The van der Waals surface area contributed by atoms with Crippen LogP contribution >= 0.6 is 11.6 Å². The van der Waals surface area contributed by atoms with Crippen LogP contribution in [0.2, 0.25) is 5.02 Å². The van der Waals surface area contributed by atoms with Crippen LogP contribution in [-0.4, -0.2) is 19.1 Å². The molecule has 3 aromatic rings. The van der Waals surface area contributed by atoms with E-state index in [0.717, 1.165) is 5.52 Å². The first-order valence-corrected chi connectivity index (χ1v) is 5.70. The topological polar surface area (TPSA) is 52.7 Å². The average Bonchev–Trinajstić information content (AvgIpc) is 2.63. The second kappa shape index (κ2) is 3.96. The molecule has 2 heterocycles. The van der Waals surface area contributed by atoms with E-state index in [1.165, 1.54) is 4.57 Å². The Balaban J connectivity index is 2.46. The molecule has 0 aliphatic carbocycles. The van der Waals surface area contributed by atoms with Gasteiger partial charge in [0.1, 0.15) is 0 Å². The van der Waals surface area contributed by atoms with E-state index in [1.54, 1.807) is 48.3 Å². The van der Waals surface area contributed by atoms with Gasteiger partial charge >= 0.3 is 5.69 Å². The van der Waals surface area contributed by atoms with Gasteiger partial charge in [-0.15, -0.1) is 0 Å². The highest BCUT2D eigenvalue weighted by atomic mass is 35.5. The monoisotopic (exact) mass is 260 g/mol. The summed E-state index contributed by atoms with van der Waals surface area (Å²) in [5.41, 5.74) is 1.29. The highest BCUT2D eigenvalue weighted by molar-refractivity contribution is 6.31. The van der Waals surface area contributed by atoms with Crippen molar-refractivity contribution in [2.75, 3.05) is 0 Å². The van der Waals surface area contributed by atoms with Crippen molar-refractivity contribution >= 4 is 22.6 Å². The zero-order valence-electron chi connectivity index (χ0n) is 9.54. The van der Waals surface area contributed by atoms with E-state index in [9.17, 15) is 4.79 Å². The molecule has 90 valence electrons. The van der Waals surface area contributed by atoms with Crippen LogP contribution in [0.15, 0.2) is 41.5 Å². The standard InChI is InChI=1S/C12H9ClN4O/c1-16-9-4-3-8(13)7-10(9)17(12(16)18)11-14-5-2-6-15-11/h2-7H,1H3. The quantitative estimate of drug-likeness (QED) is 0.670. The predicted molar refractivity (Wildman–Crippen MR) is 69.1 cm³/mol. The van der Waals surface area contributed by atoms with E-state index in [1.807, 2.05) is 0 Å². The maximum Gasteiger partial charge on any atom is 0.335 e. The van der Waals surface area contributed by atoms with Crippen molar-refractivity contribution in [3.63, 3.8) is 0 Å². The third-order valence-corrected chi connectivity index (χ3v) is 3.01. The predicted octanol–water partition coefficient (Wildman–Crippen LogP) is 1.77. The van der Waals surface area contributed by atoms with Gasteiger partial charge in [-0.05, 0) is 24.3 Å². The van der Waals surface area contributed by atoms with E-state index >= 15 is 0 Å². The van der Waals surface area contributed by atoms with Gasteiger partial charge in [-0.3, -0.25) is 4.57 Å². The van der Waals surface area contributed by atoms with Crippen LogP contribution in [0.3, 0.4) is 0 Å². The third kappa shape index (κ3) is 1.52. The van der Waals surface area contributed by atoms with Crippen LogP contribution in [0.25, 0.3) is 17.0 Å². The van der Waals surface area contributed by atoms with Crippen molar-refractivity contribution < 1.29 is 0 Å². The number of rotatable bonds is 1. The van der Waals surface area contributed by atoms with Crippen LogP contribution in [0.5, 0.6) is 0 Å². The summed E-state index contributed by atoms with van der Waals surface area (Å²) in [6.45, 7) is 0. The summed E-state index contributed by atoms with van der Waals surface area (Å²) in [5, 5.41) is 0.567. The van der Waals surface area contributed by atoms with E-state index in [4.69, 9.17) is 11.6 Å². The van der Waals surface area contributed by atoms with Crippen molar-refractivity contribution in [3.8, 4) is 5.95 Å². The number of hydrogen-bond acceptors (Lipinski definition) is 3. The minimum Gasteiger partial charge on any atom is -0.295 e. The van der Waals surface area contributed by atoms with Crippen molar-refractivity contribution in [1.29, 1.82) is 0 Å². The van der Waals surface area contributed by atoms with E-state index in [0.29, 0.717) is 16.5 Å². The van der Waals surface area contributed by atoms with Gasteiger partial charge in [0.25, 0.3) is 0 Å². The summed E-state index contributed by atoms with van der Waals surface area (Å²) in [5.74, 6) is 0.343. The van der Waals surface area contributed by atoms with Crippen LogP contribution in [0.1, 0.15) is 0 Å². The van der Waals surface area contributed by atoms with Crippen LogP contribution < -0.4 is 5.69 Å². The third-order valence-electron chi connectivity index (χ3n) is 2.77. The summed E-state index contributed by atoms with van der Waals surface area (Å²) in [6, 6.07) is 6.99. The lowest BCUT2D eigenvalue weighted by molar-refractivity contribution is 0.816. The molecule has 5 nitrogen and oxygen atoms in total. The number of imidazole rings is 1. The lowest BCUT2D eigenvalue weighted by Gasteiger charge is -2.00. The molecule has 18 heavy (non-hydrogen) atoms. The van der Waals surface area contributed by atoms with Crippen molar-refractivity contribution in [1.82, 2.24) is 19.1 Å². The Morgan fingerprint density at radius 3 is 2.61 bits per heavy atom. The normalized spacial score (nSPS) is 11.0. The molecule has 0 spiro atoms. The van der Waals surface area contributed by atoms with Crippen LogP contribution in [-0.2, 0) is 7.05 Å². The summed E-state index contributed by atoms with van der Waals surface area (Å²) in [4.78, 5) is 20.4. The number of aromatic nitrogens is 4. The van der Waals surface area contributed by atoms with E-state index < -0.39 is 0 Å². The molecule has 0 bridgehead atoms. The summed E-state index contributed by atoms with van der Waals surface area (Å²) in [7, 11) is 1.71. The second-order valence-electron chi connectivity index (χ2n) is 3.86. The van der Waals surface area contributed by atoms with Gasteiger partial charge in [0, 0.05) is 24.5 Å². The Hall–Kier alpha value is -2.14. The number of aryl methyl sites for hydroxylation is 1. The summed E-state index contributed by atoms with van der Waals surface area (Å²) < 4.78 is 2.99. The molecular weight excluding hydrogens is 252 g/mol. The number of nitrogens with zero attached hydrogens (tertiary/aromatic N) is 4. The largest absolute Gasteiger partial charge is 0.335 e. The first-order valence-electron chi connectivity index (χ1n) is 5.33. The van der Waals surface area contributed by atoms with Gasteiger partial charge in [0.2, 0.25) is 5.95 Å². The second-order valence-corrected chi connectivity index (χ2v) is 4.30. The molecule has 1 aromatic carbocycles. The van der Waals surface area contributed by atoms with Crippen molar-refractivity contribution in [3.05, 3.63) is 52.2 Å². The Morgan fingerprint density at radius 2 is 1.89 bits per heavy atom. The van der Waals surface area contributed by atoms with Crippen LogP contribution in [0, 0.1) is 0 Å². The van der Waals surface area contributed by atoms with Crippen molar-refractivity contribution in [2.24, 2.45) is 7.05 Å². The molecular formula is C12H9ClN4O. The summed E-state index contributed by atoms with van der Waals surface area (Å²) >= 11 is 5.97.